The van der Waals surface area contributed by atoms with Crippen molar-refractivity contribution in [1.29, 1.82) is 0 Å². The van der Waals surface area contributed by atoms with Crippen LogP contribution in [-0.4, -0.2) is 28.3 Å². The molecule has 0 saturated carbocycles. The molecule has 2 atom stereocenters. The highest BCUT2D eigenvalue weighted by atomic mass is 35.5. The van der Waals surface area contributed by atoms with Gasteiger partial charge in [0.15, 0.2) is 0 Å². The summed E-state index contributed by atoms with van der Waals surface area (Å²) in [5, 5.41) is 18.2. The van der Waals surface area contributed by atoms with Gasteiger partial charge < -0.3 is 9.99 Å². The van der Waals surface area contributed by atoms with Gasteiger partial charge in [0, 0.05) is 5.88 Å². The summed E-state index contributed by atoms with van der Waals surface area (Å²) in [6, 6.07) is 0. The molecule has 0 spiro atoms. The summed E-state index contributed by atoms with van der Waals surface area (Å²) in [6.45, 7) is 5.41. The van der Waals surface area contributed by atoms with Crippen LogP contribution in [0.15, 0.2) is 0 Å². The molecule has 4 nitrogen and oxygen atoms in total. The minimum Gasteiger partial charge on any atom is -0.392 e. The van der Waals surface area contributed by atoms with Crippen molar-refractivity contribution in [2.45, 2.75) is 39.7 Å². The molecule has 0 amide bonds. The average Bonchev–Trinajstić information content (AvgIpc) is 2.12. The van der Waals surface area contributed by atoms with Crippen LogP contribution in [0.4, 0.5) is 0 Å². The van der Waals surface area contributed by atoms with Crippen molar-refractivity contribution in [3.63, 3.8) is 0 Å². The zero-order valence-electron chi connectivity index (χ0n) is 9.36. The van der Waals surface area contributed by atoms with Gasteiger partial charge in [0.1, 0.15) is 0 Å². The van der Waals surface area contributed by atoms with Gasteiger partial charge in [0.25, 0.3) is 0 Å². The minimum atomic E-state index is -0.844. The molecule has 0 rings (SSSR count). The molecule has 0 aliphatic carbocycles. The van der Waals surface area contributed by atoms with E-state index >= 15 is 0 Å². The van der Waals surface area contributed by atoms with Crippen molar-refractivity contribution >= 4 is 17.6 Å². The molecule has 0 aromatic rings. The second-order valence-electron chi connectivity index (χ2n) is 4.65. The Morgan fingerprint density at radius 1 is 1.47 bits per heavy atom. The van der Waals surface area contributed by atoms with E-state index in [2.05, 4.69) is 4.89 Å². The number of carbonyl (C=O) groups excluding carboxylic acids is 1. The molecule has 0 aliphatic heterocycles. The van der Waals surface area contributed by atoms with E-state index in [9.17, 15) is 9.90 Å². The number of rotatable bonds is 5. The fourth-order valence-corrected chi connectivity index (χ4v) is 1.75. The molecule has 0 aromatic carbocycles. The fourth-order valence-electron chi connectivity index (χ4n) is 1.60. The van der Waals surface area contributed by atoms with Crippen LogP contribution in [0, 0.1) is 11.3 Å². The van der Waals surface area contributed by atoms with Crippen molar-refractivity contribution in [3.05, 3.63) is 0 Å². The van der Waals surface area contributed by atoms with Gasteiger partial charge in [-0.05, 0) is 18.3 Å². The molecule has 2 N–H and O–H groups in total. The number of halogens is 1. The maximum Gasteiger partial charge on any atom is 0.348 e. The van der Waals surface area contributed by atoms with Crippen LogP contribution in [0.1, 0.15) is 33.6 Å². The molecular formula is C10H19ClO4. The summed E-state index contributed by atoms with van der Waals surface area (Å²) in [4.78, 5) is 15.0. The maximum absolute atomic E-state index is 11.3. The van der Waals surface area contributed by atoms with Crippen molar-refractivity contribution < 1.29 is 20.0 Å². The van der Waals surface area contributed by atoms with Crippen LogP contribution in [0.2, 0.25) is 0 Å². The van der Waals surface area contributed by atoms with E-state index < -0.39 is 23.4 Å². The number of hydrogen-bond donors (Lipinski definition) is 2. The van der Waals surface area contributed by atoms with E-state index in [-0.39, 0.29) is 0 Å². The first-order valence-electron chi connectivity index (χ1n) is 4.94. The van der Waals surface area contributed by atoms with Crippen LogP contribution >= 0.6 is 11.6 Å². The summed E-state index contributed by atoms with van der Waals surface area (Å²) in [6.07, 6.45) is 0.192. The molecule has 90 valence electrons. The Balaban J connectivity index is 4.56. The van der Waals surface area contributed by atoms with E-state index in [0.717, 1.165) is 0 Å². The fraction of sp³-hybridized carbons (Fsp3) is 0.900. The zero-order chi connectivity index (χ0) is 12.1. The van der Waals surface area contributed by atoms with Crippen LogP contribution in [0.25, 0.3) is 0 Å². The Morgan fingerprint density at radius 2 is 2.00 bits per heavy atom. The molecule has 0 aromatic heterocycles. The van der Waals surface area contributed by atoms with E-state index in [0.29, 0.717) is 18.7 Å². The first-order valence-corrected chi connectivity index (χ1v) is 5.47. The summed E-state index contributed by atoms with van der Waals surface area (Å²) >= 11 is 5.50. The van der Waals surface area contributed by atoms with Crippen molar-refractivity contribution in [2.24, 2.45) is 11.3 Å². The summed E-state index contributed by atoms with van der Waals surface area (Å²) in [5.41, 5.74) is -0.467. The van der Waals surface area contributed by atoms with Crippen molar-refractivity contribution in [2.75, 3.05) is 5.88 Å². The van der Waals surface area contributed by atoms with Gasteiger partial charge in [-0.15, -0.1) is 11.6 Å². The lowest BCUT2D eigenvalue weighted by atomic mass is 9.76. The van der Waals surface area contributed by atoms with Gasteiger partial charge in [0.05, 0.1) is 12.0 Å². The monoisotopic (exact) mass is 238 g/mol. The lowest BCUT2D eigenvalue weighted by Crippen LogP contribution is -2.39. The highest BCUT2D eigenvalue weighted by Crippen LogP contribution is 2.31. The first-order chi connectivity index (χ1) is 6.84. The lowest BCUT2D eigenvalue weighted by molar-refractivity contribution is -0.246. The Labute approximate surface area is 95.1 Å². The van der Waals surface area contributed by atoms with E-state index in [1.807, 2.05) is 0 Å². The quantitative estimate of drug-likeness (QED) is 0.437. The minimum absolute atomic E-state index is 0.417. The van der Waals surface area contributed by atoms with Gasteiger partial charge in [0.2, 0.25) is 0 Å². The van der Waals surface area contributed by atoms with Gasteiger partial charge >= 0.3 is 5.97 Å². The van der Waals surface area contributed by atoms with Crippen LogP contribution in [0.3, 0.4) is 0 Å². The molecule has 0 saturated heterocycles. The van der Waals surface area contributed by atoms with E-state index in [1.54, 1.807) is 20.8 Å². The highest BCUT2D eigenvalue weighted by Gasteiger charge is 2.38. The summed E-state index contributed by atoms with van der Waals surface area (Å²) in [7, 11) is 0. The number of hydrogen-bond acceptors (Lipinski definition) is 4. The molecule has 0 radical (unpaired) electrons. The van der Waals surface area contributed by atoms with Crippen LogP contribution in [-0.2, 0) is 9.68 Å². The maximum atomic E-state index is 11.3. The molecular weight excluding hydrogens is 220 g/mol. The van der Waals surface area contributed by atoms with Crippen molar-refractivity contribution in [1.82, 2.24) is 0 Å². The molecule has 0 aliphatic rings. The van der Waals surface area contributed by atoms with Crippen LogP contribution in [0.5, 0.6) is 0 Å². The normalized spacial score (nSPS) is 15.9. The summed E-state index contributed by atoms with van der Waals surface area (Å²) < 4.78 is 0. The Morgan fingerprint density at radius 3 is 2.33 bits per heavy atom. The zero-order valence-corrected chi connectivity index (χ0v) is 10.1. The third-order valence-electron chi connectivity index (χ3n) is 2.30. The Hall–Kier alpha value is -0.320. The lowest BCUT2D eigenvalue weighted by Gasteiger charge is -2.31. The van der Waals surface area contributed by atoms with Gasteiger partial charge in [-0.3, -0.25) is 0 Å². The Kier molecular flexibility index (Phi) is 6.17. The van der Waals surface area contributed by atoms with Gasteiger partial charge in [-0.1, -0.05) is 20.8 Å². The smallest absolute Gasteiger partial charge is 0.348 e. The number of carbonyl (C=O) groups is 1. The molecule has 1 unspecified atom stereocenters. The SMILES string of the molecule is CC(C)(C)C(C(=O)OO)[C@H](O)CCCCl. The van der Waals surface area contributed by atoms with Crippen molar-refractivity contribution in [3.8, 4) is 0 Å². The van der Waals surface area contributed by atoms with Crippen LogP contribution < -0.4 is 0 Å². The van der Waals surface area contributed by atoms with Gasteiger partial charge in [-0.2, -0.15) is 5.26 Å². The predicted molar refractivity (Wildman–Crippen MR) is 57.6 cm³/mol. The van der Waals surface area contributed by atoms with Gasteiger partial charge in [-0.25, -0.2) is 4.79 Å². The number of aliphatic hydroxyl groups is 1. The highest BCUT2D eigenvalue weighted by molar-refractivity contribution is 6.17. The summed E-state index contributed by atoms with van der Waals surface area (Å²) in [5.74, 6) is -1.11. The van der Waals surface area contributed by atoms with E-state index in [4.69, 9.17) is 16.9 Å². The molecule has 0 heterocycles. The molecule has 0 bridgehead atoms. The average molecular weight is 239 g/mol. The van der Waals surface area contributed by atoms with E-state index in [1.165, 1.54) is 0 Å². The topological polar surface area (TPSA) is 66.8 Å². The number of aliphatic hydroxyl groups excluding tert-OH is 1. The second kappa shape index (κ2) is 6.30. The Bertz CT molecular complexity index is 200. The number of alkyl halides is 1. The molecule has 15 heavy (non-hydrogen) atoms. The standard InChI is InChI=1S/C10H19ClO4/c1-10(2,3)8(9(13)15-14)7(12)5-4-6-11/h7-8,12,14H,4-6H2,1-3H3/t7-,8?/m1/s1. The second-order valence-corrected chi connectivity index (χ2v) is 5.03. The largest absolute Gasteiger partial charge is 0.392 e. The first kappa shape index (κ1) is 14.7. The predicted octanol–water partition coefficient (Wildman–Crippen LogP) is 2.04. The molecule has 5 heteroatoms. The third kappa shape index (κ3) is 4.82. The molecule has 0 fully saturated rings. The third-order valence-corrected chi connectivity index (χ3v) is 2.56.